The third kappa shape index (κ3) is 4.99. The Kier molecular flexibility index (Phi) is 7.31. The molecule has 1 aliphatic rings. The van der Waals surface area contributed by atoms with Crippen LogP contribution in [0, 0.1) is 25.7 Å². The van der Waals surface area contributed by atoms with E-state index in [1.54, 1.807) is 0 Å². The zero-order valence-electron chi connectivity index (χ0n) is 20.4. The van der Waals surface area contributed by atoms with Crippen LogP contribution in [-0.4, -0.2) is 51.1 Å². The van der Waals surface area contributed by atoms with Crippen molar-refractivity contribution in [3.63, 3.8) is 0 Å². The van der Waals surface area contributed by atoms with Crippen LogP contribution in [-0.2, 0) is 17.8 Å². The maximum atomic E-state index is 13.0. The van der Waals surface area contributed by atoms with Gasteiger partial charge in [0.05, 0.1) is 5.69 Å². The van der Waals surface area contributed by atoms with Crippen molar-refractivity contribution in [3.05, 3.63) is 51.9 Å². The van der Waals surface area contributed by atoms with E-state index in [0.717, 1.165) is 42.4 Å². The predicted molar refractivity (Wildman–Crippen MR) is 135 cm³/mol. The van der Waals surface area contributed by atoms with Crippen LogP contribution in [0.2, 0.25) is 5.02 Å². The molecule has 0 spiro atoms. The highest BCUT2D eigenvalue weighted by atomic mass is 35.5. The number of halogens is 1. The van der Waals surface area contributed by atoms with Crippen LogP contribution in [0.5, 0.6) is 0 Å². The Morgan fingerprint density at radius 1 is 1.24 bits per heavy atom. The number of carbonyl (C=O) groups excluding carboxylic acids is 2. The monoisotopic (exact) mass is 483 g/mol. The molecule has 0 saturated carbocycles. The summed E-state index contributed by atoms with van der Waals surface area (Å²) in [4.78, 5) is 30.9. The Morgan fingerprint density at radius 3 is 2.65 bits per heavy atom. The molecule has 2 N–H and O–H groups in total. The second-order valence-corrected chi connectivity index (χ2v) is 9.78. The summed E-state index contributed by atoms with van der Waals surface area (Å²) in [5.41, 5.74) is 4.92. The van der Waals surface area contributed by atoms with Gasteiger partial charge in [-0.3, -0.25) is 14.3 Å². The zero-order chi connectivity index (χ0) is 24.4. The van der Waals surface area contributed by atoms with Crippen molar-refractivity contribution in [3.8, 4) is 0 Å². The van der Waals surface area contributed by atoms with Crippen molar-refractivity contribution in [2.75, 3.05) is 19.6 Å². The van der Waals surface area contributed by atoms with Gasteiger partial charge in [0.15, 0.2) is 0 Å². The standard InChI is InChI=1S/C26H34ClN5O2/c1-5-32-18(4)22(17(3)30-32)8-11-28-25(33)16(2)19-9-12-31(13-10-19)26(34)24-15-20-14-21(27)6-7-23(20)29-24/h6-7,14-16,19,29H,5,8-13H2,1-4H3,(H,28,33)/t16-/m0/s1. The molecule has 2 amide bonds. The fraction of sp³-hybridized carbons (Fsp3) is 0.500. The lowest BCUT2D eigenvalue weighted by atomic mass is 9.84. The van der Waals surface area contributed by atoms with Crippen LogP contribution in [0.3, 0.4) is 0 Å². The van der Waals surface area contributed by atoms with E-state index in [1.807, 2.05) is 47.7 Å². The van der Waals surface area contributed by atoms with E-state index in [1.165, 1.54) is 11.3 Å². The van der Waals surface area contributed by atoms with Crippen molar-refractivity contribution >= 4 is 34.3 Å². The average molecular weight is 484 g/mol. The normalized spacial score (nSPS) is 15.6. The predicted octanol–water partition coefficient (Wildman–Crippen LogP) is 4.50. The Bertz CT molecular complexity index is 1190. The molecule has 1 fully saturated rings. The third-order valence-corrected chi connectivity index (χ3v) is 7.50. The molecule has 8 heteroatoms. The number of nitrogens with one attached hydrogen (secondary N) is 2. The molecule has 1 aliphatic heterocycles. The fourth-order valence-electron chi connectivity index (χ4n) is 5.08. The van der Waals surface area contributed by atoms with E-state index in [2.05, 4.69) is 29.2 Å². The molecule has 1 saturated heterocycles. The molecule has 34 heavy (non-hydrogen) atoms. The van der Waals surface area contributed by atoms with Gasteiger partial charge in [0, 0.05) is 53.7 Å². The topological polar surface area (TPSA) is 83.0 Å². The van der Waals surface area contributed by atoms with Crippen LogP contribution < -0.4 is 5.32 Å². The van der Waals surface area contributed by atoms with Gasteiger partial charge in [-0.25, -0.2) is 0 Å². The number of hydrogen-bond donors (Lipinski definition) is 2. The Hall–Kier alpha value is -2.80. The molecule has 0 unspecified atom stereocenters. The van der Waals surface area contributed by atoms with Crippen LogP contribution in [0.15, 0.2) is 24.3 Å². The Balaban J connectivity index is 1.27. The summed E-state index contributed by atoms with van der Waals surface area (Å²) in [5.74, 6) is 0.293. The van der Waals surface area contributed by atoms with Crippen molar-refractivity contribution in [2.45, 2.75) is 53.5 Å². The first-order chi connectivity index (χ1) is 16.3. The van der Waals surface area contributed by atoms with Crippen molar-refractivity contribution < 1.29 is 9.59 Å². The lowest BCUT2D eigenvalue weighted by Crippen LogP contribution is -2.43. The summed E-state index contributed by atoms with van der Waals surface area (Å²) in [5, 5.41) is 9.26. The third-order valence-electron chi connectivity index (χ3n) is 7.27. The summed E-state index contributed by atoms with van der Waals surface area (Å²) in [6, 6.07) is 7.42. The number of aromatic amines is 1. The summed E-state index contributed by atoms with van der Waals surface area (Å²) >= 11 is 6.07. The first kappa shape index (κ1) is 24.3. The first-order valence-electron chi connectivity index (χ1n) is 12.2. The highest BCUT2D eigenvalue weighted by molar-refractivity contribution is 6.31. The quantitative estimate of drug-likeness (QED) is 0.519. The largest absolute Gasteiger partial charge is 0.356 e. The fourth-order valence-corrected chi connectivity index (χ4v) is 5.26. The van der Waals surface area contributed by atoms with E-state index in [9.17, 15) is 9.59 Å². The van der Waals surface area contributed by atoms with Crippen LogP contribution in [0.25, 0.3) is 10.9 Å². The molecule has 0 radical (unpaired) electrons. The number of nitrogens with zero attached hydrogens (tertiary/aromatic N) is 3. The average Bonchev–Trinajstić information content (AvgIpc) is 3.38. The molecule has 182 valence electrons. The minimum atomic E-state index is -0.0759. The van der Waals surface area contributed by atoms with Crippen molar-refractivity contribution in [1.29, 1.82) is 0 Å². The minimum Gasteiger partial charge on any atom is -0.356 e. The smallest absolute Gasteiger partial charge is 0.270 e. The van der Waals surface area contributed by atoms with Crippen LogP contribution in [0.4, 0.5) is 0 Å². The number of H-pyrrole nitrogens is 1. The van der Waals surface area contributed by atoms with E-state index in [-0.39, 0.29) is 23.7 Å². The molecular formula is C26H34ClN5O2. The maximum Gasteiger partial charge on any atom is 0.270 e. The molecule has 7 nitrogen and oxygen atoms in total. The van der Waals surface area contributed by atoms with Crippen molar-refractivity contribution in [1.82, 2.24) is 25.0 Å². The summed E-state index contributed by atoms with van der Waals surface area (Å²) in [7, 11) is 0. The van der Waals surface area contributed by atoms with Gasteiger partial charge in [-0.1, -0.05) is 18.5 Å². The van der Waals surface area contributed by atoms with Gasteiger partial charge in [0.25, 0.3) is 5.91 Å². The van der Waals surface area contributed by atoms with Gasteiger partial charge in [-0.15, -0.1) is 0 Å². The lowest BCUT2D eigenvalue weighted by Gasteiger charge is -2.34. The molecule has 0 aliphatic carbocycles. The second-order valence-electron chi connectivity index (χ2n) is 9.34. The second kappa shape index (κ2) is 10.2. The van der Waals surface area contributed by atoms with Crippen LogP contribution >= 0.6 is 11.6 Å². The number of carbonyl (C=O) groups is 2. The van der Waals surface area contributed by atoms with Gasteiger partial charge >= 0.3 is 0 Å². The number of aryl methyl sites for hydroxylation is 2. The molecule has 0 bridgehead atoms. The van der Waals surface area contributed by atoms with E-state index in [4.69, 9.17) is 11.6 Å². The number of rotatable bonds is 7. The number of piperidine rings is 1. The number of amides is 2. The van der Waals surface area contributed by atoms with Gasteiger partial charge in [0.2, 0.25) is 5.91 Å². The molecule has 2 aromatic heterocycles. The number of likely N-dealkylation sites (tertiary alicyclic amines) is 1. The molecule has 3 aromatic rings. The van der Waals surface area contributed by atoms with E-state index in [0.29, 0.717) is 30.4 Å². The van der Waals surface area contributed by atoms with E-state index >= 15 is 0 Å². The highest BCUT2D eigenvalue weighted by Gasteiger charge is 2.30. The maximum absolute atomic E-state index is 13.0. The summed E-state index contributed by atoms with van der Waals surface area (Å²) in [6.07, 6.45) is 2.44. The first-order valence-corrected chi connectivity index (χ1v) is 12.5. The van der Waals surface area contributed by atoms with Crippen molar-refractivity contribution in [2.24, 2.45) is 11.8 Å². The molecule has 1 aromatic carbocycles. The van der Waals surface area contributed by atoms with Crippen LogP contribution in [0.1, 0.15) is 54.1 Å². The minimum absolute atomic E-state index is 0.00115. The summed E-state index contributed by atoms with van der Waals surface area (Å²) in [6.45, 7) is 11.0. The molecule has 3 heterocycles. The number of hydrogen-bond acceptors (Lipinski definition) is 3. The SMILES string of the molecule is CCn1nc(C)c(CCNC(=O)[C@@H](C)C2CCN(C(=O)c3cc4cc(Cl)ccc4[nH]3)CC2)c1C. The number of aromatic nitrogens is 3. The molecule has 4 rings (SSSR count). The number of benzene rings is 1. The van der Waals surface area contributed by atoms with Gasteiger partial charge in [-0.2, -0.15) is 5.10 Å². The zero-order valence-corrected chi connectivity index (χ0v) is 21.2. The lowest BCUT2D eigenvalue weighted by molar-refractivity contribution is -0.126. The highest BCUT2D eigenvalue weighted by Crippen LogP contribution is 2.27. The molecular weight excluding hydrogens is 450 g/mol. The van der Waals surface area contributed by atoms with Gasteiger partial charge in [0.1, 0.15) is 5.69 Å². The van der Waals surface area contributed by atoms with Gasteiger partial charge < -0.3 is 15.2 Å². The molecule has 1 atom stereocenters. The van der Waals surface area contributed by atoms with Gasteiger partial charge in [-0.05, 0) is 75.8 Å². The summed E-state index contributed by atoms with van der Waals surface area (Å²) < 4.78 is 2.01. The van der Waals surface area contributed by atoms with E-state index < -0.39 is 0 Å². The Labute approximate surface area is 205 Å². The Morgan fingerprint density at radius 2 is 1.97 bits per heavy atom. The number of fused-ring (bicyclic) bond motifs is 1.